The molecule has 0 saturated carbocycles. The summed E-state index contributed by atoms with van der Waals surface area (Å²) in [4.78, 5) is 10.9. The molecular weight excluding hydrogens is 230 g/mol. The van der Waals surface area contributed by atoms with Gasteiger partial charge in [0.1, 0.15) is 0 Å². The van der Waals surface area contributed by atoms with Gasteiger partial charge in [0.15, 0.2) is 5.82 Å². The highest BCUT2D eigenvalue weighted by Gasteiger charge is 2.09. The lowest BCUT2D eigenvalue weighted by Gasteiger charge is -2.07. The van der Waals surface area contributed by atoms with Gasteiger partial charge < -0.3 is 5.32 Å². The van der Waals surface area contributed by atoms with E-state index in [1.807, 2.05) is 25.1 Å². The zero-order valence-corrected chi connectivity index (χ0v) is 10.6. The number of rotatable bonds is 3. The Morgan fingerprint density at radius 2 is 2.11 bits per heavy atom. The molecule has 1 aromatic heterocycles. The Hall–Kier alpha value is -2.24. The highest BCUT2D eigenvalue weighted by molar-refractivity contribution is 5.72. The molecule has 18 heavy (non-hydrogen) atoms. The van der Waals surface area contributed by atoms with Gasteiger partial charge in [0.25, 0.3) is 0 Å². The van der Waals surface area contributed by atoms with Crippen molar-refractivity contribution in [3.63, 3.8) is 0 Å². The van der Waals surface area contributed by atoms with Crippen LogP contribution in [0.5, 0.6) is 0 Å². The van der Waals surface area contributed by atoms with Gasteiger partial charge in [-0.1, -0.05) is 6.07 Å². The molecule has 0 aliphatic heterocycles. The second-order valence-corrected chi connectivity index (χ2v) is 4.19. The predicted molar refractivity (Wildman–Crippen MR) is 66.1 cm³/mol. The second-order valence-electron chi connectivity index (χ2n) is 4.19. The number of hydrogen-bond donors (Lipinski definition) is 1. The van der Waals surface area contributed by atoms with Crippen molar-refractivity contribution >= 4 is 5.91 Å². The Balaban J connectivity index is 2.30. The maximum atomic E-state index is 10.9. The van der Waals surface area contributed by atoms with Crippen LogP contribution in [0.4, 0.5) is 0 Å². The SMILES string of the molecule is CC(=O)NCc1nnnn1-c1ccc(C)c(C)c1. The first-order chi connectivity index (χ1) is 8.58. The highest BCUT2D eigenvalue weighted by Crippen LogP contribution is 2.13. The maximum Gasteiger partial charge on any atom is 0.217 e. The third-order valence-corrected chi connectivity index (χ3v) is 2.76. The van der Waals surface area contributed by atoms with Crippen LogP contribution in [0.1, 0.15) is 23.9 Å². The van der Waals surface area contributed by atoms with Crippen LogP contribution in [-0.4, -0.2) is 26.1 Å². The van der Waals surface area contributed by atoms with Crippen LogP contribution in [0.25, 0.3) is 5.69 Å². The van der Waals surface area contributed by atoms with Gasteiger partial charge in [-0.05, 0) is 47.5 Å². The van der Waals surface area contributed by atoms with Crippen molar-refractivity contribution in [3.8, 4) is 5.69 Å². The molecule has 0 unspecified atom stereocenters. The normalized spacial score (nSPS) is 10.4. The van der Waals surface area contributed by atoms with Gasteiger partial charge in [-0.15, -0.1) is 5.10 Å². The summed E-state index contributed by atoms with van der Waals surface area (Å²) < 4.78 is 1.63. The third-order valence-electron chi connectivity index (χ3n) is 2.76. The first-order valence-corrected chi connectivity index (χ1v) is 5.67. The molecule has 94 valence electrons. The zero-order valence-electron chi connectivity index (χ0n) is 10.6. The van der Waals surface area contributed by atoms with Crippen LogP contribution >= 0.6 is 0 Å². The average molecular weight is 245 g/mol. The largest absolute Gasteiger partial charge is 0.349 e. The van der Waals surface area contributed by atoms with Crippen LogP contribution < -0.4 is 5.32 Å². The number of nitrogens with zero attached hydrogens (tertiary/aromatic N) is 4. The van der Waals surface area contributed by atoms with Gasteiger partial charge in [0.05, 0.1) is 12.2 Å². The smallest absolute Gasteiger partial charge is 0.217 e. The van der Waals surface area contributed by atoms with E-state index in [9.17, 15) is 4.79 Å². The summed E-state index contributed by atoms with van der Waals surface area (Å²) in [6.45, 7) is 5.87. The summed E-state index contributed by atoms with van der Waals surface area (Å²) in [5, 5.41) is 14.2. The molecule has 0 fully saturated rings. The van der Waals surface area contributed by atoms with Gasteiger partial charge >= 0.3 is 0 Å². The fourth-order valence-corrected chi connectivity index (χ4v) is 1.58. The van der Waals surface area contributed by atoms with Gasteiger partial charge in [-0.25, -0.2) is 0 Å². The van der Waals surface area contributed by atoms with E-state index >= 15 is 0 Å². The van der Waals surface area contributed by atoms with Gasteiger partial charge in [-0.3, -0.25) is 4.79 Å². The Bertz CT molecular complexity index is 576. The number of aromatic nitrogens is 4. The van der Waals surface area contributed by atoms with Crippen LogP contribution in [0.15, 0.2) is 18.2 Å². The zero-order chi connectivity index (χ0) is 13.1. The molecule has 1 amide bonds. The molecule has 2 aromatic rings. The van der Waals surface area contributed by atoms with Crippen LogP contribution in [0.2, 0.25) is 0 Å². The van der Waals surface area contributed by atoms with E-state index in [-0.39, 0.29) is 5.91 Å². The number of nitrogens with one attached hydrogen (secondary N) is 1. The topological polar surface area (TPSA) is 72.7 Å². The number of benzene rings is 1. The first kappa shape index (κ1) is 12.2. The minimum Gasteiger partial charge on any atom is -0.349 e. The number of amides is 1. The summed E-state index contributed by atoms with van der Waals surface area (Å²) in [6.07, 6.45) is 0. The van der Waals surface area contributed by atoms with Crippen molar-refractivity contribution in [1.82, 2.24) is 25.5 Å². The number of carbonyl (C=O) groups excluding carboxylic acids is 1. The molecular formula is C12H15N5O. The monoisotopic (exact) mass is 245 g/mol. The predicted octanol–water partition coefficient (Wildman–Crippen LogP) is 0.915. The van der Waals surface area contributed by atoms with E-state index < -0.39 is 0 Å². The van der Waals surface area contributed by atoms with E-state index in [1.54, 1.807) is 4.68 Å². The summed E-state index contributed by atoms with van der Waals surface area (Å²) in [5.74, 6) is 0.498. The number of aryl methyl sites for hydroxylation is 2. The van der Waals surface area contributed by atoms with Gasteiger partial charge in [0.2, 0.25) is 5.91 Å². The molecule has 6 heteroatoms. The Morgan fingerprint density at radius 1 is 1.33 bits per heavy atom. The molecule has 0 aliphatic carbocycles. The lowest BCUT2D eigenvalue weighted by atomic mass is 10.1. The minimum atomic E-state index is -0.107. The van der Waals surface area contributed by atoms with Crippen LogP contribution in [0.3, 0.4) is 0 Å². The Morgan fingerprint density at radius 3 is 2.78 bits per heavy atom. The van der Waals surface area contributed by atoms with E-state index in [2.05, 4.69) is 27.8 Å². The summed E-state index contributed by atoms with van der Waals surface area (Å²) in [7, 11) is 0. The molecule has 0 spiro atoms. The van der Waals surface area contributed by atoms with E-state index in [0.29, 0.717) is 12.4 Å². The van der Waals surface area contributed by atoms with Crippen LogP contribution in [-0.2, 0) is 11.3 Å². The number of carbonyl (C=O) groups is 1. The third kappa shape index (κ3) is 2.53. The van der Waals surface area contributed by atoms with E-state index in [1.165, 1.54) is 18.1 Å². The van der Waals surface area contributed by atoms with Crippen molar-refractivity contribution in [3.05, 3.63) is 35.2 Å². The maximum absolute atomic E-state index is 10.9. The number of tetrazole rings is 1. The summed E-state index contributed by atoms with van der Waals surface area (Å²) >= 11 is 0. The standard InChI is InChI=1S/C12H15N5O/c1-8-4-5-11(6-9(8)2)17-12(14-15-16-17)7-13-10(3)18/h4-6H,7H2,1-3H3,(H,13,18). The molecule has 1 N–H and O–H groups in total. The van der Waals surface area contributed by atoms with Gasteiger partial charge in [0, 0.05) is 6.92 Å². The first-order valence-electron chi connectivity index (χ1n) is 5.67. The molecule has 6 nitrogen and oxygen atoms in total. The molecule has 1 aromatic carbocycles. The quantitative estimate of drug-likeness (QED) is 0.872. The Kier molecular flexibility index (Phi) is 3.36. The molecule has 1 heterocycles. The Labute approximate surface area is 105 Å². The molecule has 0 atom stereocenters. The second kappa shape index (κ2) is 4.95. The minimum absolute atomic E-state index is 0.107. The molecule has 2 rings (SSSR count). The number of hydrogen-bond acceptors (Lipinski definition) is 4. The molecule has 0 radical (unpaired) electrons. The van der Waals surface area contributed by atoms with E-state index in [0.717, 1.165) is 5.69 Å². The fraction of sp³-hybridized carbons (Fsp3) is 0.333. The van der Waals surface area contributed by atoms with Gasteiger partial charge in [-0.2, -0.15) is 4.68 Å². The van der Waals surface area contributed by atoms with Crippen LogP contribution in [0, 0.1) is 13.8 Å². The van der Waals surface area contributed by atoms with E-state index in [4.69, 9.17) is 0 Å². The lowest BCUT2D eigenvalue weighted by Crippen LogP contribution is -2.21. The van der Waals surface area contributed by atoms with Crippen molar-refractivity contribution < 1.29 is 4.79 Å². The lowest BCUT2D eigenvalue weighted by molar-refractivity contribution is -0.119. The molecule has 0 saturated heterocycles. The van der Waals surface area contributed by atoms with Crippen molar-refractivity contribution in [2.45, 2.75) is 27.3 Å². The van der Waals surface area contributed by atoms with Crippen molar-refractivity contribution in [2.75, 3.05) is 0 Å². The fourth-order valence-electron chi connectivity index (χ4n) is 1.58. The summed E-state index contributed by atoms with van der Waals surface area (Å²) in [6, 6.07) is 5.99. The molecule has 0 bridgehead atoms. The molecule has 0 aliphatic rings. The summed E-state index contributed by atoms with van der Waals surface area (Å²) in [5.41, 5.74) is 3.28. The average Bonchev–Trinajstić information content (AvgIpc) is 2.78. The van der Waals surface area contributed by atoms with Crippen molar-refractivity contribution in [1.29, 1.82) is 0 Å². The highest BCUT2D eigenvalue weighted by atomic mass is 16.1. The van der Waals surface area contributed by atoms with Crippen molar-refractivity contribution in [2.24, 2.45) is 0 Å².